The lowest BCUT2D eigenvalue weighted by Crippen LogP contribution is -1.93. The molecule has 0 amide bonds. The van der Waals surface area contributed by atoms with Crippen LogP contribution in [0.4, 0.5) is 10.1 Å². The first-order valence-corrected chi connectivity index (χ1v) is 5.52. The molecule has 0 spiro atoms. The lowest BCUT2D eigenvalue weighted by Gasteiger charge is -1.99. The third-order valence-corrected chi connectivity index (χ3v) is 2.69. The summed E-state index contributed by atoms with van der Waals surface area (Å²) in [6.45, 7) is 0. The molecule has 0 aliphatic heterocycles. The Bertz CT molecular complexity index is 733. The van der Waals surface area contributed by atoms with Crippen LogP contribution < -0.4 is 5.73 Å². The smallest absolute Gasteiger partial charge is 0.260 e. The van der Waals surface area contributed by atoms with E-state index in [1.807, 2.05) is 7.05 Å². The van der Waals surface area contributed by atoms with Crippen molar-refractivity contribution in [1.82, 2.24) is 19.7 Å². The molecule has 19 heavy (non-hydrogen) atoms. The SMILES string of the molecule is Cn1ccnc1-c1noc(-c2cc(F)ccc2N)n1. The van der Waals surface area contributed by atoms with Crippen LogP contribution in [0.1, 0.15) is 0 Å². The van der Waals surface area contributed by atoms with Crippen molar-refractivity contribution in [2.45, 2.75) is 0 Å². The molecule has 6 nitrogen and oxygen atoms in total. The number of nitrogens with zero attached hydrogens (tertiary/aromatic N) is 4. The summed E-state index contributed by atoms with van der Waals surface area (Å²) in [5.41, 5.74) is 6.50. The van der Waals surface area contributed by atoms with E-state index in [1.165, 1.54) is 18.2 Å². The first-order valence-electron chi connectivity index (χ1n) is 5.52. The number of anilines is 1. The van der Waals surface area contributed by atoms with Crippen molar-refractivity contribution in [1.29, 1.82) is 0 Å². The Balaban J connectivity index is 2.06. The second-order valence-electron chi connectivity index (χ2n) is 4.02. The number of hydrogen-bond donors (Lipinski definition) is 1. The Morgan fingerprint density at radius 1 is 1.37 bits per heavy atom. The number of aromatic nitrogens is 4. The van der Waals surface area contributed by atoms with Gasteiger partial charge < -0.3 is 14.8 Å². The molecule has 0 radical (unpaired) electrons. The Morgan fingerprint density at radius 2 is 2.21 bits per heavy atom. The zero-order chi connectivity index (χ0) is 13.4. The monoisotopic (exact) mass is 259 g/mol. The van der Waals surface area contributed by atoms with Gasteiger partial charge in [0.05, 0.1) is 5.56 Å². The average Bonchev–Trinajstić information content (AvgIpc) is 3.00. The third-order valence-electron chi connectivity index (χ3n) is 2.69. The third kappa shape index (κ3) is 1.95. The number of rotatable bonds is 2. The Morgan fingerprint density at radius 3 is 2.95 bits per heavy atom. The highest BCUT2D eigenvalue weighted by molar-refractivity contribution is 5.70. The van der Waals surface area contributed by atoms with E-state index in [9.17, 15) is 4.39 Å². The quantitative estimate of drug-likeness (QED) is 0.710. The molecule has 96 valence electrons. The minimum Gasteiger partial charge on any atom is -0.398 e. The van der Waals surface area contributed by atoms with Crippen LogP contribution in [0.3, 0.4) is 0 Å². The van der Waals surface area contributed by atoms with Crippen LogP contribution in [0, 0.1) is 5.82 Å². The highest BCUT2D eigenvalue weighted by atomic mass is 19.1. The van der Waals surface area contributed by atoms with Crippen molar-refractivity contribution in [3.63, 3.8) is 0 Å². The highest BCUT2D eigenvalue weighted by Crippen LogP contribution is 2.26. The molecule has 0 fully saturated rings. The number of aryl methyl sites for hydroxylation is 1. The van der Waals surface area contributed by atoms with Crippen molar-refractivity contribution < 1.29 is 8.91 Å². The molecule has 2 N–H and O–H groups in total. The second-order valence-corrected chi connectivity index (χ2v) is 4.02. The van der Waals surface area contributed by atoms with E-state index >= 15 is 0 Å². The number of benzene rings is 1. The molecule has 0 atom stereocenters. The fourth-order valence-corrected chi connectivity index (χ4v) is 1.72. The first-order chi connectivity index (χ1) is 9.15. The van der Waals surface area contributed by atoms with Gasteiger partial charge in [0.15, 0.2) is 5.82 Å². The van der Waals surface area contributed by atoms with E-state index in [2.05, 4.69) is 15.1 Å². The molecule has 0 saturated carbocycles. The maximum absolute atomic E-state index is 13.2. The maximum atomic E-state index is 13.2. The molecular formula is C12H10FN5O. The molecule has 2 aromatic heterocycles. The molecule has 3 rings (SSSR count). The molecule has 0 unspecified atom stereocenters. The topological polar surface area (TPSA) is 82.8 Å². The molecule has 0 bridgehead atoms. The predicted octanol–water partition coefficient (Wildman–Crippen LogP) is 1.86. The summed E-state index contributed by atoms with van der Waals surface area (Å²) < 4.78 is 20.1. The Hall–Kier alpha value is -2.70. The van der Waals surface area contributed by atoms with Crippen LogP contribution in [-0.4, -0.2) is 19.7 Å². The molecule has 2 heterocycles. The zero-order valence-electron chi connectivity index (χ0n) is 10.0. The van der Waals surface area contributed by atoms with Gasteiger partial charge in [0.25, 0.3) is 5.89 Å². The Labute approximate surface area is 107 Å². The summed E-state index contributed by atoms with van der Waals surface area (Å²) >= 11 is 0. The fraction of sp³-hybridized carbons (Fsp3) is 0.0833. The van der Waals surface area contributed by atoms with Crippen LogP contribution in [0.15, 0.2) is 35.1 Å². The average molecular weight is 259 g/mol. The van der Waals surface area contributed by atoms with Crippen LogP contribution in [0.5, 0.6) is 0 Å². The standard InChI is InChI=1S/C12H10FN5O/c1-18-5-4-15-11(18)10-16-12(19-17-10)8-6-7(13)2-3-9(8)14/h2-6H,14H2,1H3. The van der Waals surface area contributed by atoms with Crippen LogP contribution in [0.25, 0.3) is 23.1 Å². The fourth-order valence-electron chi connectivity index (χ4n) is 1.72. The van der Waals surface area contributed by atoms with E-state index in [0.717, 1.165) is 0 Å². The summed E-state index contributed by atoms with van der Waals surface area (Å²) in [5.74, 6) is 0.632. The van der Waals surface area contributed by atoms with Gasteiger partial charge >= 0.3 is 0 Å². The van der Waals surface area contributed by atoms with Gasteiger partial charge in [-0.1, -0.05) is 5.16 Å². The van der Waals surface area contributed by atoms with Gasteiger partial charge in [-0.2, -0.15) is 4.98 Å². The van der Waals surface area contributed by atoms with E-state index in [-0.39, 0.29) is 5.89 Å². The number of halogens is 1. The van der Waals surface area contributed by atoms with Crippen molar-refractivity contribution in [2.75, 3.05) is 5.73 Å². The van der Waals surface area contributed by atoms with E-state index in [1.54, 1.807) is 17.0 Å². The van der Waals surface area contributed by atoms with E-state index < -0.39 is 5.82 Å². The lowest BCUT2D eigenvalue weighted by molar-refractivity contribution is 0.431. The first kappa shape index (κ1) is 11.4. The number of hydrogen-bond acceptors (Lipinski definition) is 5. The minimum absolute atomic E-state index is 0.162. The zero-order valence-corrected chi connectivity index (χ0v) is 10.0. The molecule has 0 aliphatic rings. The van der Waals surface area contributed by atoms with Gasteiger partial charge in [-0.25, -0.2) is 9.37 Å². The van der Waals surface area contributed by atoms with Gasteiger partial charge in [-0.3, -0.25) is 0 Å². The molecule has 0 aliphatic carbocycles. The maximum Gasteiger partial charge on any atom is 0.260 e. The molecule has 7 heteroatoms. The van der Waals surface area contributed by atoms with Crippen molar-refractivity contribution >= 4 is 5.69 Å². The second kappa shape index (κ2) is 4.20. The number of nitrogen functional groups attached to an aromatic ring is 1. The summed E-state index contributed by atoms with van der Waals surface area (Å²) in [6.07, 6.45) is 3.39. The Kier molecular flexibility index (Phi) is 2.52. The number of nitrogens with two attached hydrogens (primary N) is 1. The highest BCUT2D eigenvalue weighted by Gasteiger charge is 2.16. The van der Waals surface area contributed by atoms with Crippen molar-refractivity contribution in [2.24, 2.45) is 7.05 Å². The summed E-state index contributed by atoms with van der Waals surface area (Å²) in [7, 11) is 1.81. The normalized spacial score (nSPS) is 10.8. The minimum atomic E-state index is -0.416. The summed E-state index contributed by atoms with van der Waals surface area (Å²) in [5, 5.41) is 3.82. The molecule has 0 saturated heterocycles. The van der Waals surface area contributed by atoms with Gasteiger partial charge in [0, 0.05) is 25.1 Å². The van der Waals surface area contributed by atoms with Gasteiger partial charge in [0.1, 0.15) is 5.82 Å². The molecule has 1 aromatic carbocycles. The van der Waals surface area contributed by atoms with Crippen molar-refractivity contribution in [3.05, 3.63) is 36.4 Å². The largest absolute Gasteiger partial charge is 0.398 e. The van der Waals surface area contributed by atoms with E-state index in [0.29, 0.717) is 22.9 Å². The lowest BCUT2D eigenvalue weighted by atomic mass is 10.2. The predicted molar refractivity (Wildman–Crippen MR) is 66.3 cm³/mol. The summed E-state index contributed by atoms with van der Waals surface area (Å²) in [6, 6.07) is 3.98. The van der Waals surface area contributed by atoms with Gasteiger partial charge in [0.2, 0.25) is 5.82 Å². The van der Waals surface area contributed by atoms with Gasteiger partial charge in [-0.15, -0.1) is 0 Å². The molecular weight excluding hydrogens is 249 g/mol. The summed E-state index contributed by atoms with van der Waals surface area (Å²) in [4.78, 5) is 8.28. The van der Waals surface area contributed by atoms with Gasteiger partial charge in [-0.05, 0) is 18.2 Å². The number of imidazole rings is 1. The van der Waals surface area contributed by atoms with Crippen LogP contribution >= 0.6 is 0 Å². The van der Waals surface area contributed by atoms with Crippen LogP contribution in [0.2, 0.25) is 0 Å². The molecule has 3 aromatic rings. The van der Waals surface area contributed by atoms with Crippen molar-refractivity contribution in [3.8, 4) is 23.1 Å². The van der Waals surface area contributed by atoms with Crippen LogP contribution in [-0.2, 0) is 7.05 Å². The van der Waals surface area contributed by atoms with E-state index in [4.69, 9.17) is 10.3 Å².